The van der Waals surface area contributed by atoms with E-state index in [1.165, 1.54) is 18.7 Å². The number of rotatable bonds is 3. The summed E-state index contributed by atoms with van der Waals surface area (Å²) in [5.41, 5.74) is 0. The number of nitrogens with one attached hydrogen (secondary N) is 1. The van der Waals surface area contributed by atoms with E-state index in [1.54, 1.807) is 0 Å². The molecule has 4 heteroatoms. The summed E-state index contributed by atoms with van der Waals surface area (Å²) in [6, 6.07) is 1.30. The van der Waals surface area contributed by atoms with Crippen LogP contribution in [0.3, 0.4) is 0 Å². The molecular formula is C16H28N4. The van der Waals surface area contributed by atoms with Crippen LogP contribution in [0.5, 0.6) is 0 Å². The fraction of sp³-hybridized carbons (Fsp3) is 0.812. The van der Waals surface area contributed by atoms with Crippen LogP contribution in [0.4, 0.5) is 0 Å². The van der Waals surface area contributed by atoms with Gasteiger partial charge < -0.3 is 9.88 Å². The highest BCUT2D eigenvalue weighted by molar-refractivity contribution is 5.00. The predicted octanol–water partition coefficient (Wildman–Crippen LogP) is 2.11. The normalized spacial score (nSPS) is 35.0. The van der Waals surface area contributed by atoms with Crippen molar-refractivity contribution >= 4 is 0 Å². The molecule has 0 saturated heterocycles. The van der Waals surface area contributed by atoms with Crippen LogP contribution in [0.15, 0.2) is 12.4 Å². The molecule has 4 atom stereocenters. The first kappa shape index (κ1) is 14.1. The topological polar surface area (TPSA) is 33.1 Å². The first-order valence-corrected chi connectivity index (χ1v) is 8.16. The van der Waals surface area contributed by atoms with Crippen LogP contribution in [0, 0.1) is 11.8 Å². The Bertz CT molecular complexity index is 441. The molecule has 3 rings (SSSR count). The van der Waals surface area contributed by atoms with Gasteiger partial charge in [-0.15, -0.1) is 0 Å². The van der Waals surface area contributed by atoms with E-state index in [0.717, 1.165) is 38.0 Å². The number of hydrogen-bond acceptors (Lipinski definition) is 3. The Morgan fingerprint density at radius 1 is 1.30 bits per heavy atom. The van der Waals surface area contributed by atoms with Gasteiger partial charge in [0, 0.05) is 37.6 Å². The van der Waals surface area contributed by atoms with E-state index in [-0.39, 0.29) is 0 Å². The summed E-state index contributed by atoms with van der Waals surface area (Å²) in [7, 11) is 0. The molecule has 1 aliphatic carbocycles. The third-order valence-corrected chi connectivity index (χ3v) is 5.09. The van der Waals surface area contributed by atoms with Gasteiger partial charge in [0.15, 0.2) is 0 Å². The first-order chi connectivity index (χ1) is 9.69. The molecule has 1 aliphatic heterocycles. The van der Waals surface area contributed by atoms with E-state index in [1.807, 2.05) is 6.20 Å². The van der Waals surface area contributed by atoms with Crippen molar-refractivity contribution in [3.05, 3.63) is 18.2 Å². The fourth-order valence-corrected chi connectivity index (χ4v) is 4.37. The minimum atomic E-state index is 0.639. The summed E-state index contributed by atoms with van der Waals surface area (Å²) in [4.78, 5) is 7.19. The van der Waals surface area contributed by atoms with Crippen molar-refractivity contribution in [2.45, 2.75) is 58.8 Å². The van der Waals surface area contributed by atoms with Crippen LogP contribution < -0.4 is 5.32 Å². The molecule has 0 aromatic carbocycles. The standard InChI is InChI=1S/C16H28N4/c1-4-17-14-10-12(2)9-13(3)16(14)20-8-7-19-6-5-18-15(19)11-20/h5-6,12-14,16-17H,4,7-11H2,1-3H3. The number of hydrogen-bond donors (Lipinski definition) is 1. The Labute approximate surface area is 122 Å². The molecular weight excluding hydrogens is 248 g/mol. The maximum atomic E-state index is 4.51. The quantitative estimate of drug-likeness (QED) is 0.918. The van der Waals surface area contributed by atoms with Crippen LogP contribution in [0.1, 0.15) is 39.4 Å². The third-order valence-electron chi connectivity index (χ3n) is 5.09. The summed E-state index contributed by atoms with van der Waals surface area (Å²) in [6.07, 6.45) is 6.72. The molecule has 2 heterocycles. The van der Waals surface area contributed by atoms with Crippen LogP contribution in [-0.4, -0.2) is 39.6 Å². The molecule has 4 unspecified atom stereocenters. The third kappa shape index (κ3) is 2.63. The van der Waals surface area contributed by atoms with Gasteiger partial charge in [0.25, 0.3) is 0 Å². The molecule has 0 bridgehead atoms. The maximum absolute atomic E-state index is 4.51. The van der Waals surface area contributed by atoms with Crippen molar-refractivity contribution in [1.29, 1.82) is 0 Å². The average Bonchev–Trinajstić information content (AvgIpc) is 2.85. The average molecular weight is 276 g/mol. The number of imidazole rings is 1. The van der Waals surface area contributed by atoms with Crippen molar-refractivity contribution in [1.82, 2.24) is 19.8 Å². The van der Waals surface area contributed by atoms with E-state index in [9.17, 15) is 0 Å². The van der Waals surface area contributed by atoms with Crippen molar-refractivity contribution in [2.75, 3.05) is 13.1 Å². The van der Waals surface area contributed by atoms with Crippen LogP contribution in [-0.2, 0) is 13.1 Å². The highest BCUT2D eigenvalue weighted by Crippen LogP contribution is 2.33. The fourth-order valence-electron chi connectivity index (χ4n) is 4.37. The second kappa shape index (κ2) is 5.86. The van der Waals surface area contributed by atoms with E-state index in [2.05, 4.69) is 46.7 Å². The van der Waals surface area contributed by atoms with Gasteiger partial charge in [-0.25, -0.2) is 4.98 Å². The molecule has 0 spiro atoms. The zero-order valence-electron chi connectivity index (χ0n) is 13.0. The lowest BCUT2D eigenvalue weighted by Crippen LogP contribution is -2.57. The Kier molecular flexibility index (Phi) is 4.13. The van der Waals surface area contributed by atoms with Crippen molar-refractivity contribution in [3.63, 3.8) is 0 Å². The van der Waals surface area contributed by atoms with Crippen LogP contribution in [0.25, 0.3) is 0 Å². The minimum absolute atomic E-state index is 0.639. The van der Waals surface area contributed by atoms with Gasteiger partial charge in [-0.05, 0) is 31.2 Å². The monoisotopic (exact) mass is 276 g/mol. The molecule has 0 radical (unpaired) electrons. The Balaban J connectivity index is 1.76. The second-order valence-electron chi connectivity index (χ2n) is 6.72. The predicted molar refractivity (Wildman–Crippen MR) is 81.5 cm³/mol. The molecule has 1 saturated carbocycles. The maximum Gasteiger partial charge on any atom is 0.122 e. The Morgan fingerprint density at radius 3 is 2.95 bits per heavy atom. The second-order valence-corrected chi connectivity index (χ2v) is 6.72. The van der Waals surface area contributed by atoms with E-state index >= 15 is 0 Å². The molecule has 1 fully saturated rings. The lowest BCUT2D eigenvalue weighted by atomic mass is 9.75. The van der Waals surface area contributed by atoms with Crippen LogP contribution in [0.2, 0.25) is 0 Å². The number of likely N-dealkylation sites (N-methyl/N-ethyl adjacent to an activating group) is 1. The lowest BCUT2D eigenvalue weighted by Gasteiger charge is -2.47. The van der Waals surface area contributed by atoms with Crippen LogP contribution >= 0.6 is 0 Å². The molecule has 2 aliphatic rings. The number of nitrogens with zero attached hydrogens (tertiary/aromatic N) is 3. The Hall–Kier alpha value is -0.870. The SMILES string of the molecule is CCNC1CC(C)CC(C)C1N1CCn2ccnc2C1. The van der Waals surface area contributed by atoms with Gasteiger partial charge in [0.05, 0.1) is 6.54 Å². The first-order valence-electron chi connectivity index (χ1n) is 8.16. The number of fused-ring (bicyclic) bond motifs is 1. The van der Waals surface area contributed by atoms with Gasteiger partial charge in [-0.1, -0.05) is 20.8 Å². The summed E-state index contributed by atoms with van der Waals surface area (Å²) < 4.78 is 2.30. The summed E-state index contributed by atoms with van der Waals surface area (Å²) in [6.45, 7) is 11.4. The highest BCUT2D eigenvalue weighted by Gasteiger charge is 2.38. The molecule has 0 amide bonds. The molecule has 20 heavy (non-hydrogen) atoms. The largest absolute Gasteiger partial charge is 0.333 e. The molecule has 1 aromatic heterocycles. The lowest BCUT2D eigenvalue weighted by molar-refractivity contribution is 0.0418. The van der Waals surface area contributed by atoms with Crippen molar-refractivity contribution in [2.24, 2.45) is 11.8 Å². The minimum Gasteiger partial charge on any atom is -0.333 e. The van der Waals surface area contributed by atoms with Gasteiger partial charge in [0.1, 0.15) is 5.82 Å². The van der Waals surface area contributed by atoms with Crippen molar-refractivity contribution < 1.29 is 0 Å². The zero-order valence-corrected chi connectivity index (χ0v) is 13.0. The van der Waals surface area contributed by atoms with Gasteiger partial charge in [0.2, 0.25) is 0 Å². The summed E-state index contributed by atoms with van der Waals surface area (Å²) >= 11 is 0. The van der Waals surface area contributed by atoms with E-state index < -0.39 is 0 Å². The van der Waals surface area contributed by atoms with E-state index in [4.69, 9.17) is 0 Å². The molecule has 112 valence electrons. The molecule has 1 N–H and O–H groups in total. The van der Waals surface area contributed by atoms with Gasteiger partial charge in [-0.3, -0.25) is 4.90 Å². The number of aromatic nitrogens is 2. The molecule has 1 aromatic rings. The summed E-state index contributed by atoms with van der Waals surface area (Å²) in [5.74, 6) is 2.85. The smallest absolute Gasteiger partial charge is 0.122 e. The van der Waals surface area contributed by atoms with Gasteiger partial charge >= 0.3 is 0 Å². The Morgan fingerprint density at radius 2 is 2.15 bits per heavy atom. The summed E-state index contributed by atoms with van der Waals surface area (Å²) in [5, 5.41) is 3.74. The highest BCUT2D eigenvalue weighted by atomic mass is 15.3. The molecule has 4 nitrogen and oxygen atoms in total. The van der Waals surface area contributed by atoms with Gasteiger partial charge in [-0.2, -0.15) is 0 Å². The zero-order chi connectivity index (χ0) is 14.1. The van der Waals surface area contributed by atoms with E-state index in [0.29, 0.717) is 12.1 Å². The van der Waals surface area contributed by atoms with Crippen molar-refractivity contribution in [3.8, 4) is 0 Å².